The van der Waals surface area contributed by atoms with Gasteiger partial charge in [-0.05, 0) is 18.8 Å². The summed E-state index contributed by atoms with van der Waals surface area (Å²) in [5.74, 6) is 0.543. The van der Waals surface area contributed by atoms with Crippen LogP contribution in [0, 0.1) is 11.8 Å². The van der Waals surface area contributed by atoms with E-state index in [2.05, 4.69) is 4.74 Å². The lowest BCUT2D eigenvalue weighted by molar-refractivity contribution is -0.0138. The van der Waals surface area contributed by atoms with Crippen LogP contribution in [-0.4, -0.2) is 17.8 Å². The molecule has 0 fully saturated rings. The largest absolute Gasteiger partial charge is 0.510 e. The standard InChI is InChI=1S/C10H19ClO3/c1-6(2)9(7(3)4)14-10(12)13-8(5)11/h6-9H,1-5H3. The van der Waals surface area contributed by atoms with E-state index in [1.807, 2.05) is 27.7 Å². The zero-order valence-corrected chi connectivity index (χ0v) is 10.2. The van der Waals surface area contributed by atoms with E-state index in [0.717, 1.165) is 0 Å². The van der Waals surface area contributed by atoms with Gasteiger partial charge in [0, 0.05) is 0 Å². The number of carbonyl (C=O) groups is 1. The second-order valence-electron chi connectivity index (χ2n) is 3.98. The van der Waals surface area contributed by atoms with Crippen molar-refractivity contribution in [2.75, 3.05) is 0 Å². The predicted molar refractivity (Wildman–Crippen MR) is 56.3 cm³/mol. The van der Waals surface area contributed by atoms with Crippen LogP contribution in [0.2, 0.25) is 0 Å². The van der Waals surface area contributed by atoms with E-state index in [9.17, 15) is 4.79 Å². The Morgan fingerprint density at radius 3 is 1.71 bits per heavy atom. The van der Waals surface area contributed by atoms with E-state index in [-0.39, 0.29) is 17.9 Å². The molecule has 0 aromatic carbocycles. The number of ether oxygens (including phenoxy) is 2. The molecule has 0 saturated heterocycles. The molecule has 0 heterocycles. The van der Waals surface area contributed by atoms with Crippen LogP contribution < -0.4 is 0 Å². The molecule has 0 aliphatic heterocycles. The lowest BCUT2D eigenvalue weighted by Crippen LogP contribution is -2.29. The molecule has 84 valence electrons. The Kier molecular flexibility index (Phi) is 5.93. The molecule has 0 aromatic rings. The average Bonchev–Trinajstić information content (AvgIpc) is 1.97. The van der Waals surface area contributed by atoms with Crippen LogP contribution >= 0.6 is 11.6 Å². The minimum Gasteiger partial charge on any atom is -0.430 e. The van der Waals surface area contributed by atoms with Crippen molar-refractivity contribution in [3.63, 3.8) is 0 Å². The van der Waals surface area contributed by atoms with Crippen LogP contribution in [0.25, 0.3) is 0 Å². The molecule has 1 atom stereocenters. The maximum Gasteiger partial charge on any atom is 0.510 e. The lowest BCUT2D eigenvalue weighted by Gasteiger charge is -2.24. The molecule has 0 amide bonds. The maximum absolute atomic E-state index is 11.1. The number of alkyl halides is 1. The first-order valence-corrected chi connectivity index (χ1v) is 5.29. The second kappa shape index (κ2) is 6.12. The van der Waals surface area contributed by atoms with Crippen molar-refractivity contribution in [1.82, 2.24) is 0 Å². The molecule has 0 aromatic heterocycles. The van der Waals surface area contributed by atoms with Gasteiger partial charge in [-0.15, -0.1) is 0 Å². The first-order valence-electron chi connectivity index (χ1n) is 4.86. The minimum absolute atomic E-state index is 0.127. The van der Waals surface area contributed by atoms with Crippen molar-refractivity contribution in [1.29, 1.82) is 0 Å². The average molecular weight is 223 g/mol. The fraction of sp³-hybridized carbons (Fsp3) is 0.900. The molecule has 3 nitrogen and oxygen atoms in total. The van der Waals surface area contributed by atoms with Crippen molar-refractivity contribution in [3.8, 4) is 0 Å². The third kappa shape index (κ3) is 5.32. The zero-order valence-electron chi connectivity index (χ0n) is 9.41. The fourth-order valence-electron chi connectivity index (χ4n) is 1.31. The Bertz CT molecular complexity index is 170. The topological polar surface area (TPSA) is 35.5 Å². The molecule has 0 aliphatic rings. The summed E-state index contributed by atoms with van der Waals surface area (Å²) in [6.07, 6.45) is -0.821. The van der Waals surface area contributed by atoms with Crippen LogP contribution in [0.5, 0.6) is 0 Å². The first kappa shape index (κ1) is 13.6. The molecular weight excluding hydrogens is 204 g/mol. The number of halogens is 1. The summed E-state index contributed by atoms with van der Waals surface area (Å²) in [6.45, 7) is 9.58. The highest BCUT2D eigenvalue weighted by Crippen LogP contribution is 2.17. The van der Waals surface area contributed by atoms with Gasteiger partial charge in [-0.2, -0.15) is 0 Å². The highest BCUT2D eigenvalue weighted by atomic mass is 35.5. The number of carbonyl (C=O) groups excluding carboxylic acids is 1. The molecule has 0 saturated carbocycles. The van der Waals surface area contributed by atoms with Crippen LogP contribution in [0.4, 0.5) is 4.79 Å². The third-order valence-electron chi connectivity index (χ3n) is 1.81. The van der Waals surface area contributed by atoms with Gasteiger partial charge in [-0.3, -0.25) is 0 Å². The van der Waals surface area contributed by atoms with Gasteiger partial charge in [0.2, 0.25) is 0 Å². The van der Waals surface area contributed by atoms with Gasteiger partial charge >= 0.3 is 6.16 Å². The van der Waals surface area contributed by atoms with Crippen molar-refractivity contribution < 1.29 is 14.3 Å². The van der Waals surface area contributed by atoms with Gasteiger partial charge in [0.25, 0.3) is 0 Å². The van der Waals surface area contributed by atoms with Crippen LogP contribution in [-0.2, 0) is 9.47 Å². The quantitative estimate of drug-likeness (QED) is 0.540. The molecule has 0 rings (SSSR count). The van der Waals surface area contributed by atoms with E-state index in [4.69, 9.17) is 16.3 Å². The Labute approximate surface area is 90.7 Å². The molecule has 0 aliphatic carbocycles. The molecule has 14 heavy (non-hydrogen) atoms. The maximum atomic E-state index is 11.1. The Morgan fingerprint density at radius 2 is 1.43 bits per heavy atom. The summed E-state index contributed by atoms with van der Waals surface area (Å²) in [5.41, 5.74) is -0.650. The molecule has 0 spiro atoms. The lowest BCUT2D eigenvalue weighted by atomic mass is 9.96. The highest BCUT2D eigenvalue weighted by Gasteiger charge is 2.23. The van der Waals surface area contributed by atoms with E-state index in [1.54, 1.807) is 6.92 Å². The summed E-state index contributed by atoms with van der Waals surface area (Å²) >= 11 is 5.49. The van der Waals surface area contributed by atoms with Gasteiger partial charge in [-0.25, -0.2) is 4.79 Å². The van der Waals surface area contributed by atoms with E-state index >= 15 is 0 Å². The van der Waals surface area contributed by atoms with E-state index in [1.165, 1.54) is 0 Å². The van der Waals surface area contributed by atoms with Gasteiger partial charge in [0.1, 0.15) is 6.10 Å². The first-order chi connectivity index (χ1) is 6.34. The van der Waals surface area contributed by atoms with Crippen molar-refractivity contribution >= 4 is 17.8 Å². The van der Waals surface area contributed by atoms with E-state index in [0.29, 0.717) is 0 Å². The summed E-state index contributed by atoms with van der Waals surface area (Å²) in [4.78, 5) is 11.1. The fourth-order valence-corrected chi connectivity index (χ4v) is 1.39. The van der Waals surface area contributed by atoms with Crippen molar-refractivity contribution in [2.24, 2.45) is 11.8 Å². The minimum atomic E-state index is -0.695. The van der Waals surface area contributed by atoms with Crippen molar-refractivity contribution in [2.45, 2.75) is 46.3 Å². The van der Waals surface area contributed by atoms with Crippen LogP contribution in [0.1, 0.15) is 34.6 Å². The molecular formula is C10H19ClO3. The molecule has 1 unspecified atom stereocenters. The van der Waals surface area contributed by atoms with Gasteiger partial charge in [0.05, 0.1) is 0 Å². The van der Waals surface area contributed by atoms with Gasteiger partial charge in [-0.1, -0.05) is 39.3 Å². The van der Waals surface area contributed by atoms with E-state index < -0.39 is 11.7 Å². The summed E-state index contributed by atoms with van der Waals surface area (Å²) in [6, 6.07) is 0. The SMILES string of the molecule is CC(Cl)OC(=O)OC(C(C)C)C(C)C. The monoisotopic (exact) mass is 222 g/mol. The smallest absolute Gasteiger partial charge is 0.430 e. The Hall–Kier alpha value is -0.440. The number of hydrogen-bond acceptors (Lipinski definition) is 3. The molecule has 0 radical (unpaired) electrons. The Morgan fingerprint density at radius 1 is 1.00 bits per heavy atom. The number of rotatable bonds is 4. The van der Waals surface area contributed by atoms with Gasteiger partial charge < -0.3 is 9.47 Å². The molecule has 4 heteroatoms. The summed E-state index contributed by atoms with van der Waals surface area (Å²) in [5, 5.41) is 0. The summed E-state index contributed by atoms with van der Waals surface area (Å²) < 4.78 is 9.82. The van der Waals surface area contributed by atoms with Gasteiger partial charge in [0.15, 0.2) is 5.56 Å². The van der Waals surface area contributed by atoms with Crippen molar-refractivity contribution in [3.05, 3.63) is 0 Å². The second-order valence-corrected chi connectivity index (χ2v) is 4.60. The molecule has 0 N–H and O–H groups in total. The normalized spacial score (nSPS) is 13.5. The zero-order chi connectivity index (χ0) is 11.3. The highest BCUT2D eigenvalue weighted by molar-refractivity contribution is 6.19. The van der Waals surface area contributed by atoms with Crippen LogP contribution in [0.15, 0.2) is 0 Å². The predicted octanol–water partition coefficient (Wildman–Crippen LogP) is 3.41. The summed E-state index contributed by atoms with van der Waals surface area (Å²) in [7, 11) is 0. The number of hydrogen-bond donors (Lipinski definition) is 0. The van der Waals surface area contributed by atoms with Crippen LogP contribution in [0.3, 0.4) is 0 Å². The third-order valence-corrected chi connectivity index (χ3v) is 1.89. The molecule has 0 bridgehead atoms. The Balaban J connectivity index is 4.10.